The summed E-state index contributed by atoms with van der Waals surface area (Å²) in [5.74, 6) is -0.498. The van der Waals surface area contributed by atoms with Crippen molar-refractivity contribution in [2.45, 2.75) is 32.7 Å². The number of amides is 1. The van der Waals surface area contributed by atoms with E-state index in [-0.39, 0.29) is 17.2 Å². The van der Waals surface area contributed by atoms with Gasteiger partial charge in [0, 0.05) is 13.0 Å². The molecule has 0 radical (unpaired) electrons. The number of nitrogens with zero attached hydrogens (tertiary/aromatic N) is 1. The van der Waals surface area contributed by atoms with Gasteiger partial charge in [-0.05, 0) is 26.3 Å². The molecular formula is C15H19NO2. The molecule has 0 aromatic heterocycles. The van der Waals surface area contributed by atoms with Gasteiger partial charge in [-0.15, -0.1) is 0 Å². The van der Waals surface area contributed by atoms with Crippen molar-refractivity contribution < 1.29 is 9.59 Å². The summed E-state index contributed by atoms with van der Waals surface area (Å²) in [4.78, 5) is 25.7. The predicted octanol–water partition coefficient (Wildman–Crippen LogP) is 2.36. The second-order valence-electron chi connectivity index (χ2n) is 5.35. The van der Waals surface area contributed by atoms with E-state index >= 15 is 0 Å². The van der Waals surface area contributed by atoms with Crippen LogP contribution in [0.2, 0.25) is 0 Å². The lowest BCUT2D eigenvalue weighted by molar-refractivity contribution is -0.150. The third-order valence-corrected chi connectivity index (χ3v) is 3.86. The van der Waals surface area contributed by atoms with Crippen LogP contribution >= 0.6 is 0 Å². The van der Waals surface area contributed by atoms with Gasteiger partial charge in [0.15, 0.2) is 0 Å². The molecule has 1 saturated heterocycles. The Balaban J connectivity index is 2.31. The van der Waals surface area contributed by atoms with Crippen molar-refractivity contribution >= 4 is 11.7 Å². The number of likely N-dealkylation sites (tertiary alicyclic amines) is 1. The summed E-state index contributed by atoms with van der Waals surface area (Å²) >= 11 is 0. The lowest BCUT2D eigenvalue weighted by atomic mass is 9.87. The normalized spacial score (nSPS) is 21.3. The minimum absolute atomic E-state index is 0.0555. The molecule has 1 atom stereocenters. The third kappa shape index (κ3) is 2.05. The maximum absolute atomic E-state index is 12.3. The molecule has 1 aliphatic heterocycles. The highest BCUT2D eigenvalue weighted by Crippen LogP contribution is 2.31. The minimum Gasteiger partial charge on any atom is -0.332 e. The second-order valence-corrected chi connectivity index (χ2v) is 5.35. The quantitative estimate of drug-likeness (QED) is 0.750. The van der Waals surface area contributed by atoms with Crippen molar-refractivity contribution in [2.75, 3.05) is 6.54 Å². The van der Waals surface area contributed by atoms with E-state index in [1.165, 1.54) is 0 Å². The summed E-state index contributed by atoms with van der Waals surface area (Å²) in [5, 5.41) is 0. The minimum atomic E-state index is -0.498. The van der Waals surface area contributed by atoms with E-state index in [1.54, 1.807) is 6.92 Å². The Morgan fingerprint density at radius 2 is 1.78 bits per heavy atom. The fourth-order valence-corrected chi connectivity index (χ4v) is 2.48. The molecular weight excluding hydrogens is 226 g/mol. The smallest absolute Gasteiger partial charge is 0.233 e. The Hall–Kier alpha value is -1.64. The number of hydrogen-bond acceptors (Lipinski definition) is 2. The largest absolute Gasteiger partial charge is 0.332 e. The Labute approximate surface area is 108 Å². The molecule has 1 heterocycles. The van der Waals surface area contributed by atoms with Crippen molar-refractivity contribution in [3.8, 4) is 0 Å². The SMILES string of the molecule is CC1C(=O)CCN(C(C)(C)c2ccccc2)C1=O. The van der Waals surface area contributed by atoms with E-state index in [0.29, 0.717) is 13.0 Å². The fourth-order valence-electron chi connectivity index (χ4n) is 2.48. The zero-order valence-electron chi connectivity index (χ0n) is 11.1. The first kappa shape index (κ1) is 12.8. The number of carbonyl (C=O) groups excluding carboxylic acids is 2. The second kappa shape index (κ2) is 4.56. The maximum atomic E-state index is 12.3. The van der Waals surface area contributed by atoms with Crippen LogP contribution in [0.4, 0.5) is 0 Å². The van der Waals surface area contributed by atoms with Crippen molar-refractivity contribution in [1.29, 1.82) is 0 Å². The van der Waals surface area contributed by atoms with Crippen LogP contribution in [0.25, 0.3) is 0 Å². The molecule has 1 amide bonds. The molecule has 18 heavy (non-hydrogen) atoms. The molecule has 0 N–H and O–H groups in total. The van der Waals surface area contributed by atoms with Gasteiger partial charge in [0.2, 0.25) is 5.91 Å². The lowest BCUT2D eigenvalue weighted by Gasteiger charge is -2.42. The zero-order valence-corrected chi connectivity index (χ0v) is 11.1. The average molecular weight is 245 g/mol. The van der Waals surface area contributed by atoms with Gasteiger partial charge in [-0.2, -0.15) is 0 Å². The average Bonchev–Trinajstić information content (AvgIpc) is 2.37. The van der Waals surface area contributed by atoms with Crippen LogP contribution in [0.15, 0.2) is 30.3 Å². The Morgan fingerprint density at radius 1 is 1.17 bits per heavy atom. The molecule has 3 heteroatoms. The van der Waals surface area contributed by atoms with E-state index in [1.807, 2.05) is 49.1 Å². The molecule has 3 nitrogen and oxygen atoms in total. The third-order valence-electron chi connectivity index (χ3n) is 3.86. The molecule has 1 fully saturated rings. The predicted molar refractivity (Wildman–Crippen MR) is 70.0 cm³/mol. The number of rotatable bonds is 2. The van der Waals surface area contributed by atoms with E-state index in [2.05, 4.69) is 0 Å². The molecule has 0 bridgehead atoms. The van der Waals surface area contributed by atoms with Gasteiger partial charge in [0.05, 0.1) is 11.5 Å². The van der Waals surface area contributed by atoms with Crippen LogP contribution in [-0.4, -0.2) is 23.1 Å². The molecule has 0 aliphatic carbocycles. The number of hydrogen-bond donors (Lipinski definition) is 0. The van der Waals surface area contributed by atoms with Crippen LogP contribution in [0.1, 0.15) is 32.8 Å². The summed E-state index contributed by atoms with van der Waals surface area (Å²) in [6.45, 7) is 6.29. The van der Waals surface area contributed by atoms with E-state index in [4.69, 9.17) is 0 Å². The Bertz CT molecular complexity index is 465. The molecule has 1 aromatic carbocycles. The molecule has 96 valence electrons. The fraction of sp³-hybridized carbons (Fsp3) is 0.467. The van der Waals surface area contributed by atoms with Crippen LogP contribution < -0.4 is 0 Å². The first-order valence-electron chi connectivity index (χ1n) is 6.34. The van der Waals surface area contributed by atoms with Gasteiger partial charge in [-0.1, -0.05) is 30.3 Å². The van der Waals surface area contributed by atoms with E-state index in [9.17, 15) is 9.59 Å². The van der Waals surface area contributed by atoms with Gasteiger partial charge < -0.3 is 4.90 Å². The molecule has 0 saturated carbocycles. The highest BCUT2D eigenvalue weighted by atomic mass is 16.2. The van der Waals surface area contributed by atoms with Crippen molar-refractivity contribution in [3.05, 3.63) is 35.9 Å². The lowest BCUT2D eigenvalue weighted by Crippen LogP contribution is -2.53. The van der Waals surface area contributed by atoms with Crippen LogP contribution in [0, 0.1) is 5.92 Å². The van der Waals surface area contributed by atoms with Gasteiger partial charge in [-0.25, -0.2) is 0 Å². The molecule has 1 aromatic rings. The van der Waals surface area contributed by atoms with Gasteiger partial charge in [-0.3, -0.25) is 9.59 Å². The monoisotopic (exact) mass is 245 g/mol. The van der Waals surface area contributed by atoms with Crippen LogP contribution in [0.3, 0.4) is 0 Å². The number of Topliss-reactive ketones (excluding diaryl/α,β-unsaturated/α-hetero) is 1. The highest BCUT2D eigenvalue weighted by Gasteiger charge is 2.39. The van der Waals surface area contributed by atoms with Crippen molar-refractivity contribution in [3.63, 3.8) is 0 Å². The summed E-state index contributed by atoms with van der Waals surface area (Å²) in [7, 11) is 0. The molecule has 1 aliphatic rings. The topological polar surface area (TPSA) is 37.4 Å². The molecule has 1 unspecified atom stereocenters. The number of ketones is 1. The van der Waals surface area contributed by atoms with Crippen LogP contribution in [-0.2, 0) is 15.1 Å². The summed E-state index contributed by atoms with van der Waals surface area (Å²) in [5.41, 5.74) is 0.729. The van der Waals surface area contributed by atoms with E-state index in [0.717, 1.165) is 5.56 Å². The zero-order chi connectivity index (χ0) is 13.3. The van der Waals surface area contributed by atoms with Crippen molar-refractivity contribution in [1.82, 2.24) is 4.90 Å². The Morgan fingerprint density at radius 3 is 2.39 bits per heavy atom. The number of piperidine rings is 1. The van der Waals surface area contributed by atoms with E-state index < -0.39 is 5.92 Å². The standard InChI is InChI=1S/C15H19NO2/c1-11-13(17)9-10-16(14(11)18)15(2,3)12-7-5-4-6-8-12/h4-8,11H,9-10H2,1-3H3. The van der Waals surface area contributed by atoms with Gasteiger partial charge in [0.1, 0.15) is 5.78 Å². The summed E-state index contributed by atoms with van der Waals surface area (Å²) in [6, 6.07) is 9.95. The maximum Gasteiger partial charge on any atom is 0.233 e. The van der Waals surface area contributed by atoms with Crippen molar-refractivity contribution in [2.24, 2.45) is 5.92 Å². The number of benzene rings is 1. The first-order chi connectivity index (χ1) is 8.44. The number of carbonyl (C=O) groups is 2. The molecule has 0 spiro atoms. The Kier molecular flexibility index (Phi) is 3.24. The molecule has 2 rings (SSSR count). The highest BCUT2D eigenvalue weighted by molar-refractivity contribution is 6.03. The van der Waals surface area contributed by atoms with Gasteiger partial charge in [0.25, 0.3) is 0 Å². The van der Waals surface area contributed by atoms with Gasteiger partial charge >= 0.3 is 0 Å². The summed E-state index contributed by atoms with van der Waals surface area (Å²) in [6.07, 6.45) is 0.461. The van der Waals surface area contributed by atoms with Crippen LogP contribution in [0.5, 0.6) is 0 Å². The summed E-state index contributed by atoms with van der Waals surface area (Å²) < 4.78 is 0. The first-order valence-corrected chi connectivity index (χ1v) is 6.34.